The fourth-order valence-electron chi connectivity index (χ4n) is 2.79. The average Bonchev–Trinajstić information content (AvgIpc) is 2.58. The fourth-order valence-corrected chi connectivity index (χ4v) is 3.24. The summed E-state index contributed by atoms with van der Waals surface area (Å²) in [6.07, 6.45) is 19.8. The molecule has 0 saturated heterocycles. The van der Waals surface area contributed by atoms with Gasteiger partial charge in [-0.25, -0.2) is 0 Å². The minimum Gasteiger partial charge on any atom is -0.379 e. The first-order valence-electron chi connectivity index (χ1n) is 10.0. The van der Waals surface area contributed by atoms with Gasteiger partial charge in [0, 0.05) is 19.0 Å². The molecule has 0 radical (unpaired) electrons. The normalized spacial score (nSPS) is 12.7. The minimum absolute atomic E-state index is 0.196. The van der Waals surface area contributed by atoms with Gasteiger partial charge >= 0.3 is 0 Å². The molecule has 2 nitrogen and oxygen atoms in total. The summed E-state index contributed by atoms with van der Waals surface area (Å²) in [6, 6.07) is 0. The zero-order valence-electron chi connectivity index (χ0n) is 15.8. The Morgan fingerprint density at radius 1 is 0.696 bits per heavy atom. The predicted octanol–water partition coefficient (Wildman–Crippen LogP) is 6.89. The first-order valence-corrected chi connectivity index (χ1v) is 11.1. The van der Waals surface area contributed by atoms with Gasteiger partial charge in [0.15, 0.2) is 0 Å². The first kappa shape index (κ1) is 23.4. The van der Waals surface area contributed by atoms with E-state index in [4.69, 9.17) is 9.47 Å². The highest BCUT2D eigenvalue weighted by Gasteiger charge is 2.04. The van der Waals surface area contributed by atoms with Gasteiger partial charge in [0.2, 0.25) is 0 Å². The van der Waals surface area contributed by atoms with Crippen molar-refractivity contribution in [2.24, 2.45) is 0 Å². The van der Waals surface area contributed by atoms with Gasteiger partial charge in [-0.2, -0.15) is 0 Å². The Kier molecular flexibility index (Phi) is 20.8. The molecule has 0 spiro atoms. The Morgan fingerprint density at radius 2 is 1.13 bits per heavy atom. The number of rotatable bonds is 19. The molecule has 0 aromatic carbocycles. The van der Waals surface area contributed by atoms with Crippen LogP contribution in [0.3, 0.4) is 0 Å². The van der Waals surface area contributed by atoms with Crippen molar-refractivity contribution in [3.63, 3.8) is 0 Å². The van der Waals surface area contributed by atoms with Crippen LogP contribution in [-0.2, 0) is 9.47 Å². The lowest BCUT2D eigenvalue weighted by Gasteiger charge is -2.12. The molecule has 0 saturated carbocycles. The van der Waals surface area contributed by atoms with Crippen molar-refractivity contribution in [2.45, 2.75) is 103 Å². The van der Waals surface area contributed by atoms with E-state index in [9.17, 15) is 0 Å². The quantitative estimate of drug-likeness (QED) is 0.176. The largest absolute Gasteiger partial charge is 0.379 e. The molecule has 0 N–H and O–H groups in total. The predicted molar refractivity (Wildman–Crippen MR) is 106 cm³/mol. The van der Waals surface area contributed by atoms with Crippen molar-refractivity contribution < 1.29 is 9.47 Å². The highest BCUT2D eigenvalue weighted by atomic mass is 79.9. The number of unbranched alkanes of at least 4 members (excludes halogenated alkanes) is 13. The molecule has 0 aliphatic heterocycles. The SMILES string of the molecule is CCCCCCCCCCCCCCCCOC[C@@H](CBr)OC. The maximum Gasteiger partial charge on any atom is 0.0901 e. The van der Waals surface area contributed by atoms with Crippen molar-refractivity contribution in [3.05, 3.63) is 0 Å². The van der Waals surface area contributed by atoms with Crippen LogP contribution in [0.25, 0.3) is 0 Å². The van der Waals surface area contributed by atoms with E-state index in [1.165, 1.54) is 89.9 Å². The fraction of sp³-hybridized carbons (Fsp3) is 1.00. The zero-order chi connectivity index (χ0) is 17.0. The summed E-state index contributed by atoms with van der Waals surface area (Å²) in [6.45, 7) is 3.87. The van der Waals surface area contributed by atoms with E-state index in [1.54, 1.807) is 7.11 Å². The van der Waals surface area contributed by atoms with Crippen LogP contribution >= 0.6 is 15.9 Å². The third-order valence-corrected chi connectivity index (χ3v) is 5.17. The number of hydrogen-bond acceptors (Lipinski definition) is 2. The minimum atomic E-state index is 0.196. The van der Waals surface area contributed by atoms with E-state index in [1.807, 2.05) is 0 Å². The lowest BCUT2D eigenvalue weighted by Crippen LogP contribution is -2.19. The van der Waals surface area contributed by atoms with Gasteiger partial charge in [-0.15, -0.1) is 0 Å². The molecule has 0 unspecified atom stereocenters. The molecule has 0 fully saturated rings. The van der Waals surface area contributed by atoms with Crippen molar-refractivity contribution in [1.82, 2.24) is 0 Å². The van der Waals surface area contributed by atoms with E-state index in [0.717, 1.165) is 11.9 Å². The van der Waals surface area contributed by atoms with Gasteiger partial charge in [-0.1, -0.05) is 106 Å². The number of methoxy groups -OCH3 is 1. The van der Waals surface area contributed by atoms with E-state index in [0.29, 0.717) is 6.61 Å². The summed E-state index contributed by atoms with van der Waals surface area (Å²) < 4.78 is 10.9. The topological polar surface area (TPSA) is 18.5 Å². The molecule has 0 aromatic heterocycles. The van der Waals surface area contributed by atoms with E-state index >= 15 is 0 Å². The summed E-state index contributed by atoms with van der Waals surface area (Å²) in [5.41, 5.74) is 0. The van der Waals surface area contributed by atoms with Crippen LogP contribution in [0.2, 0.25) is 0 Å². The van der Waals surface area contributed by atoms with Crippen molar-refractivity contribution in [1.29, 1.82) is 0 Å². The van der Waals surface area contributed by atoms with Crippen LogP contribution in [0.4, 0.5) is 0 Å². The van der Waals surface area contributed by atoms with E-state index in [2.05, 4.69) is 22.9 Å². The van der Waals surface area contributed by atoms with Gasteiger partial charge in [0.25, 0.3) is 0 Å². The van der Waals surface area contributed by atoms with Crippen LogP contribution in [0.5, 0.6) is 0 Å². The van der Waals surface area contributed by atoms with Crippen LogP contribution in [0.1, 0.15) is 96.8 Å². The third-order valence-electron chi connectivity index (χ3n) is 4.45. The molecular formula is C20H41BrO2. The Hall–Kier alpha value is 0.400. The molecular weight excluding hydrogens is 352 g/mol. The molecule has 0 aliphatic rings. The van der Waals surface area contributed by atoms with Crippen molar-refractivity contribution in [3.8, 4) is 0 Å². The molecule has 0 heterocycles. The Morgan fingerprint density at radius 3 is 1.52 bits per heavy atom. The van der Waals surface area contributed by atoms with E-state index in [-0.39, 0.29) is 6.10 Å². The number of alkyl halides is 1. The van der Waals surface area contributed by atoms with Gasteiger partial charge in [-0.05, 0) is 6.42 Å². The standard InChI is InChI=1S/C20H41BrO2/c1-3-4-5-6-7-8-9-10-11-12-13-14-15-16-17-23-19-20(18-21)22-2/h20H,3-19H2,1-2H3/t20-/m1/s1. The van der Waals surface area contributed by atoms with Gasteiger partial charge < -0.3 is 9.47 Å². The highest BCUT2D eigenvalue weighted by Crippen LogP contribution is 2.13. The molecule has 3 heteroatoms. The van der Waals surface area contributed by atoms with Crippen LogP contribution in [0.15, 0.2) is 0 Å². The lowest BCUT2D eigenvalue weighted by molar-refractivity contribution is 0.0204. The maximum absolute atomic E-state index is 5.63. The summed E-state index contributed by atoms with van der Waals surface area (Å²) >= 11 is 3.42. The van der Waals surface area contributed by atoms with Crippen molar-refractivity contribution >= 4 is 15.9 Å². The Bertz CT molecular complexity index is 208. The summed E-state index contributed by atoms with van der Waals surface area (Å²) in [4.78, 5) is 0. The van der Waals surface area contributed by atoms with Crippen LogP contribution < -0.4 is 0 Å². The smallest absolute Gasteiger partial charge is 0.0901 e. The zero-order valence-corrected chi connectivity index (χ0v) is 17.4. The average molecular weight is 393 g/mol. The van der Waals surface area contributed by atoms with Crippen LogP contribution in [0, 0.1) is 0 Å². The van der Waals surface area contributed by atoms with E-state index < -0.39 is 0 Å². The number of halogens is 1. The second-order valence-corrected chi connectivity index (χ2v) is 7.33. The summed E-state index contributed by atoms with van der Waals surface area (Å²) in [7, 11) is 1.74. The molecule has 0 aromatic rings. The Balaban J connectivity index is 3.02. The van der Waals surface area contributed by atoms with Crippen LogP contribution in [-0.4, -0.2) is 31.8 Å². The highest BCUT2D eigenvalue weighted by molar-refractivity contribution is 9.09. The molecule has 0 aliphatic carbocycles. The first-order chi connectivity index (χ1) is 11.3. The number of ether oxygens (including phenoxy) is 2. The third kappa shape index (κ3) is 18.6. The second kappa shape index (κ2) is 20.4. The molecule has 0 rings (SSSR count). The summed E-state index contributed by atoms with van der Waals surface area (Å²) in [5, 5.41) is 0.849. The van der Waals surface area contributed by atoms with Gasteiger partial charge in [0.05, 0.1) is 12.7 Å². The second-order valence-electron chi connectivity index (χ2n) is 6.68. The molecule has 0 bridgehead atoms. The Labute approximate surface area is 154 Å². The van der Waals surface area contributed by atoms with Gasteiger partial charge in [-0.3, -0.25) is 0 Å². The van der Waals surface area contributed by atoms with Gasteiger partial charge in [0.1, 0.15) is 0 Å². The number of hydrogen-bond donors (Lipinski definition) is 0. The summed E-state index contributed by atoms with van der Waals surface area (Å²) in [5.74, 6) is 0. The monoisotopic (exact) mass is 392 g/mol. The maximum atomic E-state index is 5.63. The molecule has 1 atom stereocenters. The van der Waals surface area contributed by atoms with Crippen molar-refractivity contribution in [2.75, 3.05) is 25.7 Å². The molecule has 0 amide bonds. The lowest BCUT2D eigenvalue weighted by atomic mass is 10.0. The molecule has 23 heavy (non-hydrogen) atoms. The molecule has 140 valence electrons.